The number of methoxy groups -OCH3 is 3. The van der Waals surface area contributed by atoms with Crippen molar-refractivity contribution in [1.29, 1.82) is 0 Å². The predicted octanol–water partition coefficient (Wildman–Crippen LogP) is 4.64. The molecule has 0 aliphatic heterocycles. The fraction of sp³-hybridized carbons (Fsp3) is 0.345. The average molecular weight is 538 g/mol. The van der Waals surface area contributed by atoms with Gasteiger partial charge in [-0.25, -0.2) is 9.18 Å². The van der Waals surface area contributed by atoms with Gasteiger partial charge < -0.3 is 23.5 Å². The number of rotatable bonds is 10. The number of fused-ring (bicyclic) bond motifs is 1. The molecule has 9 nitrogen and oxygen atoms in total. The average Bonchev–Trinajstić information content (AvgIpc) is 3.38. The van der Waals surface area contributed by atoms with Gasteiger partial charge >= 0.3 is 11.9 Å². The molecule has 0 spiro atoms. The number of hydrogen-bond donors (Lipinski definition) is 0. The summed E-state index contributed by atoms with van der Waals surface area (Å²) >= 11 is 0. The highest BCUT2D eigenvalue weighted by Gasteiger charge is 2.28. The van der Waals surface area contributed by atoms with Crippen LogP contribution in [0.5, 0.6) is 5.75 Å². The van der Waals surface area contributed by atoms with Crippen LogP contribution in [0.25, 0.3) is 22.0 Å². The summed E-state index contributed by atoms with van der Waals surface area (Å²) in [5, 5.41) is 5.26. The summed E-state index contributed by atoms with van der Waals surface area (Å²) in [6.07, 6.45) is 0.284. The molecule has 2 aromatic carbocycles. The zero-order valence-corrected chi connectivity index (χ0v) is 23.0. The van der Waals surface area contributed by atoms with Crippen LogP contribution < -0.4 is 4.74 Å². The second-order valence-corrected chi connectivity index (χ2v) is 9.14. The lowest BCUT2D eigenvalue weighted by molar-refractivity contribution is -0.140. The van der Waals surface area contributed by atoms with E-state index in [2.05, 4.69) is 5.10 Å². The molecule has 2 aromatic heterocycles. The standard InChI is InChI=1S/C29H32FN3O6/c1-17-25(23(31-33(17)3)16-39-15-18-7-9-19(36-4)10-8-18)26-22(30)13-11-20-21(12-14-24(34)37-5)28(29(35)38-6)32(2)27(20)26/h7-11,13H,12,14-16H2,1-6H3. The molecule has 0 radical (unpaired) electrons. The molecular formula is C29H32FN3O6. The number of esters is 2. The maximum absolute atomic E-state index is 15.7. The van der Waals surface area contributed by atoms with E-state index in [0.717, 1.165) is 17.0 Å². The molecule has 2 heterocycles. The summed E-state index contributed by atoms with van der Waals surface area (Å²) in [5.41, 5.74) is 4.49. The van der Waals surface area contributed by atoms with Crippen molar-refractivity contribution < 1.29 is 32.9 Å². The van der Waals surface area contributed by atoms with Crippen molar-refractivity contribution in [3.8, 4) is 16.9 Å². The largest absolute Gasteiger partial charge is 0.497 e. The molecule has 4 aromatic rings. The van der Waals surface area contributed by atoms with Crippen molar-refractivity contribution in [2.75, 3.05) is 21.3 Å². The molecule has 0 saturated heterocycles. The second-order valence-electron chi connectivity index (χ2n) is 9.14. The maximum atomic E-state index is 15.7. The summed E-state index contributed by atoms with van der Waals surface area (Å²) in [4.78, 5) is 24.7. The number of carbonyl (C=O) groups is 2. The minimum atomic E-state index is -0.578. The van der Waals surface area contributed by atoms with E-state index in [-0.39, 0.29) is 25.1 Å². The van der Waals surface area contributed by atoms with Crippen LogP contribution in [0.2, 0.25) is 0 Å². The van der Waals surface area contributed by atoms with Gasteiger partial charge in [0.2, 0.25) is 0 Å². The van der Waals surface area contributed by atoms with Gasteiger partial charge in [-0.1, -0.05) is 12.1 Å². The Bertz CT molecular complexity index is 1520. The Kier molecular flexibility index (Phi) is 8.35. The minimum Gasteiger partial charge on any atom is -0.497 e. The number of benzene rings is 2. The third-order valence-electron chi connectivity index (χ3n) is 6.92. The van der Waals surface area contributed by atoms with Crippen LogP contribution in [-0.2, 0) is 52.7 Å². The molecule has 0 unspecified atom stereocenters. The lowest BCUT2D eigenvalue weighted by Gasteiger charge is -2.11. The molecule has 206 valence electrons. The van der Waals surface area contributed by atoms with Gasteiger partial charge in [-0.15, -0.1) is 0 Å². The summed E-state index contributed by atoms with van der Waals surface area (Å²) in [5.74, 6) is -0.702. The maximum Gasteiger partial charge on any atom is 0.354 e. The van der Waals surface area contributed by atoms with E-state index in [1.165, 1.54) is 20.3 Å². The second kappa shape index (κ2) is 11.7. The van der Waals surface area contributed by atoms with E-state index in [0.29, 0.717) is 39.9 Å². The lowest BCUT2D eigenvalue weighted by atomic mass is 9.97. The van der Waals surface area contributed by atoms with Crippen LogP contribution in [-0.4, -0.2) is 47.6 Å². The first-order chi connectivity index (χ1) is 18.7. The Morgan fingerprint density at radius 2 is 1.67 bits per heavy atom. The van der Waals surface area contributed by atoms with Gasteiger partial charge in [0.1, 0.15) is 17.3 Å². The van der Waals surface area contributed by atoms with Crippen LogP contribution in [0.1, 0.15) is 39.4 Å². The first-order valence-electron chi connectivity index (χ1n) is 12.4. The Hall–Kier alpha value is -4.18. The molecule has 4 rings (SSSR count). The zero-order valence-electron chi connectivity index (χ0n) is 23.0. The van der Waals surface area contributed by atoms with Crippen molar-refractivity contribution in [2.45, 2.75) is 33.0 Å². The molecule has 0 aliphatic rings. The Labute approximate surface area is 226 Å². The van der Waals surface area contributed by atoms with Gasteiger partial charge in [0.25, 0.3) is 0 Å². The first kappa shape index (κ1) is 27.8. The predicted molar refractivity (Wildman–Crippen MR) is 143 cm³/mol. The van der Waals surface area contributed by atoms with Gasteiger partial charge in [-0.2, -0.15) is 5.10 Å². The lowest BCUT2D eigenvalue weighted by Crippen LogP contribution is -2.11. The molecule has 0 N–H and O–H groups in total. The van der Waals surface area contributed by atoms with E-state index in [1.807, 2.05) is 31.2 Å². The SMILES string of the molecule is COC(=O)CCc1c(C(=O)OC)n(C)c2c(-c3c(COCc4ccc(OC)cc4)nn(C)c3C)c(F)ccc12. The number of aromatic nitrogens is 3. The van der Waals surface area contributed by atoms with E-state index in [9.17, 15) is 9.59 Å². The number of hydrogen-bond acceptors (Lipinski definition) is 7. The van der Waals surface area contributed by atoms with Crippen molar-refractivity contribution in [3.05, 3.63) is 70.4 Å². The number of carbonyl (C=O) groups excluding carboxylic acids is 2. The van der Waals surface area contributed by atoms with E-state index >= 15 is 4.39 Å². The Balaban J connectivity index is 1.80. The Morgan fingerprint density at radius 1 is 0.949 bits per heavy atom. The molecule has 10 heteroatoms. The number of nitrogens with zero attached hydrogens (tertiary/aromatic N) is 3. The number of aryl methyl sites for hydroxylation is 3. The van der Waals surface area contributed by atoms with E-state index in [4.69, 9.17) is 18.9 Å². The quantitative estimate of drug-likeness (QED) is 0.272. The zero-order chi connectivity index (χ0) is 28.3. The van der Waals surface area contributed by atoms with Crippen molar-refractivity contribution >= 4 is 22.8 Å². The molecule has 39 heavy (non-hydrogen) atoms. The molecule has 0 atom stereocenters. The fourth-order valence-electron chi connectivity index (χ4n) is 4.87. The summed E-state index contributed by atoms with van der Waals surface area (Å²) in [6, 6.07) is 10.5. The summed E-state index contributed by atoms with van der Waals surface area (Å²) in [6.45, 7) is 2.33. The molecule has 0 aliphatic carbocycles. The molecule has 0 fully saturated rings. The molecular weight excluding hydrogens is 505 g/mol. The van der Waals surface area contributed by atoms with Crippen LogP contribution >= 0.6 is 0 Å². The van der Waals surface area contributed by atoms with Crippen molar-refractivity contribution in [3.63, 3.8) is 0 Å². The highest BCUT2D eigenvalue weighted by molar-refractivity contribution is 6.05. The topological polar surface area (TPSA) is 93.8 Å². The van der Waals surface area contributed by atoms with Gasteiger partial charge in [-0.05, 0) is 48.7 Å². The van der Waals surface area contributed by atoms with Crippen molar-refractivity contribution in [2.24, 2.45) is 14.1 Å². The van der Waals surface area contributed by atoms with Gasteiger partial charge in [0.05, 0.1) is 45.8 Å². The van der Waals surface area contributed by atoms with Gasteiger partial charge in [0.15, 0.2) is 0 Å². The number of ether oxygens (including phenoxy) is 4. The highest BCUT2D eigenvalue weighted by atomic mass is 19.1. The van der Waals surface area contributed by atoms with Crippen LogP contribution in [0.15, 0.2) is 36.4 Å². The summed E-state index contributed by atoms with van der Waals surface area (Å²) < 4.78 is 40.0. The van der Waals surface area contributed by atoms with Crippen LogP contribution in [0.3, 0.4) is 0 Å². The van der Waals surface area contributed by atoms with Crippen LogP contribution in [0.4, 0.5) is 4.39 Å². The molecule has 0 amide bonds. The van der Waals surface area contributed by atoms with Gasteiger partial charge in [-0.3, -0.25) is 9.48 Å². The summed E-state index contributed by atoms with van der Waals surface area (Å²) in [7, 11) is 7.68. The van der Waals surface area contributed by atoms with Crippen molar-refractivity contribution in [1.82, 2.24) is 14.3 Å². The number of halogens is 1. The smallest absolute Gasteiger partial charge is 0.354 e. The molecule has 0 bridgehead atoms. The minimum absolute atomic E-state index is 0.0582. The third-order valence-corrected chi connectivity index (χ3v) is 6.92. The third kappa shape index (κ3) is 5.37. The molecule has 0 saturated carbocycles. The monoisotopic (exact) mass is 537 g/mol. The Morgan fingerprint density at radius 3 is 2.31 bits per heavy atom. The van der Waals surface area contributed by atoms with Gasteiger partial charge in [0, 0.05) is 42.7 Å². The van der Waals surface area contributed by atoms with E-state index in [1.54, 1.807) is 36.5 Å². The first-order valence-corrected chi connectivity index (χ1v) is 12.4. The van der Waals surface area contributed by atoms with E-state index < -0.39 is 17.8 Å². The highest BCUT2D eigenvalue weighted by Crippen LogP contribution is 2.39. The normalized spacial score (nSPS) is 11.2. The van der Waals surface area contributed by atoms with Crippen LogP contribution in [0, 0.1) is 12.7 Å². The fourth-order valence-corrected chi connectivity index (χ4v) is 4.87.